The first-order valence-electron chi connectivity index (χ1n) is 7.23. The standard InChI is InChI=1S/C16H17ClO6S2/c1-13-6-8-14(9-7-13)25(20,21)23-11-10-22-12-24(18,19)16-5-3-2-4-15(16)17/h2-9H,10-12H2,1H3. The van der Waals surface area contributed by atoms with Crippen LogP contribution in [0.2, 0.25) is 5.02 Å². The van der Waals surface area contributed by atoms with Crippen molar-refractivity contribution >= 4 is 31.6 Å². The minimum absolute atomic E-state index is 0.0294. The van der Waals surface area contributed by atoms with Crippen LogP contribution in [0.15, 0.2) is 58.3 Å². The summed E-state index contributed by atoms with van der Waals surface area (Å²) in [5.41, 5.74) is 0.923. The molecule has 0 fully saturated rings. The molecule has 2 aromatic rings. The Kier molecular flexibility index (Phi) is 6.59. The van der Waals surface area contributed by atoms with Crippen LogP contribution in [0.25, 0.3) is 0 Å². The topological polar surface area (TPSA) is 86.7 Å². The molecule has 0 N–H and O–H groups in total. The van der Waals surface area contributed by atoms with Gasteiger partial charge in [-0.2, -0.15) is 8.42 Å². The van der Waals surface area contributed by atoms with Crippen LogP contribution in [0.5, 0.6) is 0 Å². The molecular formula is C16H17ClO6S2. The minimum atomic E-state index is -3.90. The molecule has 0 aliphatic rings. The number of sulfone groups is 1. The number of aryl methyl sites for hydroxylation is 1. The summed E-state index contributed by atoms with van der Waals surface area (Å²) in [7, 11) is -7.63. The Morgan fingerprint density at radius 3 is 2.20 bits per heavy atom. The van der Waals surface area contributed by atoms with E-state index in [9.17, 15) is 16.8 Å². The van der Waals surface area contributed by atoms with Gasteiger partial charge in [0.2, 0.25) is 9.84 Å². The highest BCUT2D eigenvalue weighted by Crippen LogP contribution is 2.21. The molecule has 6 nitrogen and oxygen atoms in total. The molecule has 0 atom stereocenters. The maximum atomic E-state index is 12.1. The molecule has 9 heteroatoms. The molecule has 0 amide bonds. The molecule has 0 bridgehead atoms. The third kappa shape index (κ3) is 5.52. The van der Waals surface area contributed by atoms with Crippen LogP contribution >= 0.6 is 11.6 Å². The van der Waals surface area contributed by atoms with Gasteiger partial charge in [0.05, 0.1) is 28.0 Å². The number of benzene rings is 2. The Labute approximate surface area is 152 Å². The normalized spacial score (nSPS) is 12.2. The van der Waals surface area contributed by atoms with Gasteiger partial charge in [0.1, 0.15) is 0 Å². The summed E-state index contributed by atoms with van der Waals surface area (Å²) < 4.78 is 58.0. The van der Waals surface area contributed by atoms with E-state index in [1.54, 1.807) is 24.3 Å². The largest absolute Gasteiger partial charge is 0.363 e. The van der Waals surface area contributed by atoms with Crippen molar-refractivity contribution in [1.82, 2.24) is 0 Å². The summed E-state index contributed by atoms with van der Waals surface area (Å²) in [5, 5.41) is 0.101. The Morgan fingerprint density at radius 1 is 0.920 bits per heavy atom. The molecule has 0 radical (unpaired) electrons. The molecule has 0 unspecified atom stereocenters. The zero-order valence-corrected chi connectivity index (χ0v) is 15.8. The lowest BCUT2D eigenvalue weighted by molar-refractivity contribution is 0.134. The fourth-order valence-corrected chi connectivity index (χ4v) is 4.40. The van der Waals surface area contributed by atoms with E-state index in [2.05, 4.69) is 0 Å². The van der Waals surface area contributed by atoms with Crippen molar-refractivity contribution in [3.8, 4) is 0 Å². The van der Waals surface area contributed by atoms with E-state index in [4.69, 9.17) is 20.5 Å². The zero-order chi connectivity index (χ0) is 18.5. The summed E-state index contributed by atoms with van der Waals surface area (Å²) in [4.78, 5) is -0.00773. The van der Waals surface area contributed by atoms with Crippen LogP contribution in [0.3, 0.4) is 0 Å². The highest BCUT2D eigenvalue weighted by molar-refractivity contribution is 7.91. The summed E-state index contributed by atoms with van der Waals surface area (Å²) >= 11 is 5.85. The molecule has 0 spiro atoms. The van der Waals surface area contributed by atoms with Gasteiger partial charge in [0.25, 0.3) is 10.1 Å². The predicted molar refractivity (Wildman–Crippen MR) is 93.8 cm³/mol. The number of hydrogen-bond acceptors (Lipinski definition) is 6. The van der Waals surface area contributed by atoms with Crippen LogP contribution in [0, 0.1) is 6.92 Å². The summed E-state index contributed by atoms with van der Waals surface area (Å²) in [5.74, 6) is -0.620. The third-order valence-corrected chi connectivity index (χ3v) is 6.46. The number of halogens is 1. The monoisotopic (exact) mass is 404 g/mol. The molecule has 0 saturated carbocycles. The van der Waals surface area contributed by atoms with Gasteiger partial charge >= 0.3 is 0 Å². The average Bonchev–Trinajstić information content (AvgIpc) is 2.55. The van der Waals surface area contributed by atoms with Gasteiger partial charge in [-0.1, -0.05) is 41.4 Å². The van der Waals surface area contributed by atoms with Crippen molar-refractivity contribution in [2.24, 2.45) is 0 Å². The van der Waals surface area contributed by atoms with Gasteiger partial charge in [-0.3, -0.25) is 4.18 Å². The number of rotatable bonds is 8. The van der Waals surface area contributed by atoms with E-state index >= 15 is 0 Å². The number of ether oxygens (including phenoxy) is 1. The Morgan fingerprint density at radius 2 is 1.56 bits per heavy atom. The predicted octanol–water partition coefficient (Wildman–Crippen LogP) is 2.80. The van der Waals surface area contributed by atoms with Crippen molar-refractivity contribution < 1.29 is 25.8 Å². The second kappa shape index (κ2) is 8.29. The van der Waals surface area contributed by atoms with Crippen LogP contribution in [0.4, 0.5) is 0 Å². The van der Waals surface area contributed by atoms with Crippen molar-refractivity contribution in [2.45, 2.75) is 16.7 Å². The fraction of sp³-hybridized carbons (Fsp3) is 0.250. The minimum Gasteiger partial charge on any atom is -0.363 e. The quantitative estimate of drug-likeness (QED) is 0.496. The van der Waals surface area contributed by atoms with Crippen LogP contribution in [0.1, 0.15) is 5.56 Å². The molecule has 0 aromatic heterocycles. The zero-order valence-electron chi connectivity index (χ0n) is 13.4. The molecule has 2 rings (SSSR count). The van der Waals surface area contributed by atoms with E-state index in [1.807, 2.05) is 6.92 Å². The molecule has 25 heavy (non-hydrogen) atoms. The second-order valence-electron chi connectivity index (χ2n) is 5.16. The summed E-state index contributed by atoms with van der Waals surface area (Å²) in [6, 6.07) is 12.2. The maximum Gasteiger partial charge on any atom is 0.297 e. The fourth-order valence-electron chi connectivity index (χ4n) is 1.90. The van der Waals surface area contributed by atoms with Gasteiger partial charge in [-0.25, -0.2) is 8.42 Å². The van der Waals surface area contributed by atoms with E-state index < -0.39 is 25.9 Å². The molecule has 0 heterocycles. The van der Waals surface area contributed by atoms with Crippen LogP contribution in [-0.4, -0.2) is 36.0 Å². The van der Waals surface area contributed by atoms with E-state index in [0.717, 1.165) is 5.56 Å². The van der Waals surface area contributed by atoms with Crippen LogP contribution in [-0.2, 0) is 28.9 Å². The Bertz CT molecular complexity index is 921. The molecule has 0 saturated heterocycles. The first-order valence-corrected chi connectivity index (χ1v) is 10.7. The lowest BCUT2D eigenvalue weighted by atomic mass is 10.2. The second-order valence-corrected chi connectivity index (χ2v) is 9.09. The van der Waals surface area contributed by atoms with Gasteiger partial charge < -0.3 is 4.74 Å². The molecule has 0 aliphatic carbocycles. The van der Waals surface area contributed by atoms with Crippen molar-refractivity contribution in [3.05, 3.63) is 59.1 Å². The van der Waals surface area contributed by atoms with Crippen molar-refractivity contribution in [3.63, 3.8) is 0 Å². The molecular weight excluding hydrogens is 388 g/mol. The third-order valence-electron chi connectivity index (χ3n) is 3.19. The van der Waals surface area contributed by atoms with Gasteiger partial charge in [-0.15, -0.1) is 0 Å². The Balaban J connectivity index is 1.85. The highest BCUT2D eigenvalue weighted by Gasteiger charge is 2.18. The summed E-state index contributed by atoms with van der Waals surface area (Å²) in [6.07, 6.45) is 0. The van der Waals surface area contributed by atoms with Crippen molar-refractivity contribution in [2.75, 3.05) is 19.2 Å². The van der Waals surface area contributed by atoms with E-state index in [-0.39, 0.29) is 28.0 Å². The highest BCUT2D eigenvalue weighted by atomic mass is 35.5. The van der Waals surface area contributed by atoms with Crippen molar-refractivity contribution in [1.29, 1.82) is 0 Å². The van der Waals surface area contributed by atoms with Gasteiger partial charge in [0, 0.05) is 0 Å². The SMILES string of the molecule is Cc1ccc(S(=O)(=O)OCCOCS(=O)(=O)c2ccccc2Cl)cc1. The van der Waals surface area contributed by atoms with E-state index in [1.165, 1.54) is 24.3 Å². The molecule has 136 valence electrons. The lowest BCUT2D eigenvalue weighted by Gasteiger charge is -2.08. The van der Waals surface area contributed by atoms with Gasteiger partial charge in [-0.05, 0) is 31.2 Å². The first-order chi connectivity index (χ1) is 11.7. The molecule has 0 aliphatic heterocycles. The maximum absolute atomic E-state index is 12.1. The lowest BCUT2D eigenvalue weighted by Crippen LogP contribution is -2.16. The average molecular weight is 405 g/mol. The smallest absolute Gasteiger partial charge is 0.297 e. The Hall–Kier alpha value is -1.45. The number of hydrogen-bond donors (Lipinski definition) is 0. The van der Waals surface area contributed by atoms with E-state index in [0.29, 0.717) is 0 Å². The molecule has 2 aromatic carbocycles. The summed E-state index contributed by atoms with van der Waals surface area (Å²) in [6.45, 7) is 1.34. The first kappa shape index (κ1) is 19.9. The van der Waals surface area contributed by atoms with Crippen LogP contribution < -0.4 is 0 Å². The van der Waals surface area contributed by atoms with Gasteiger partial charge in [0.15, 0.2) is 5.94 Å².